The highest BCUT2D eigenvalue weighted by molar-refractivity contribution is 7.14. The fourth-order valence-corrected chi connectivity index (χ4v) is 3.37. The summed E-state index contributed by atoms with van der Waals surface area (Å²) in [4.78, 5) is 12.6. The van der Waals surface area contributed by atoms with Crippen LogP contribution >= 0.6 is 11.3 Å². The van der Waals surface area contributed by atoms with Crippen molar-refractivity contribution in [2.75, 3.05) is 6.61 Å². The van der Waals surface area contributed by atoms with E-state index in [0.717, 1.165) is 29.7 Å². The standard InChI is InChI=1S/C11H12N2O2S/c12-4-8-7-2-1-6(5-14)3-9(7)16-10(8)11(13)15/h6,14H,1-3,5H2,(H2,13,15). The lowest BCUT2D eigenvalue weighted by atomic mass is 9.87. The average molecular weight is 236 g/mol. The fraction of sp³-hybridized carbons (Fsp3) is 0.455. The normalized spacial score (nSPS) is 18.9. The molecule has 0 spiro atoms. The first-order valence-corrected chi connectivity index (χ1v) is 5.94. The summed E-state index contributed by atoms with van der Waals surface area (Å²) in [5.74, 6) is -0.282. The molecule has 1 heterocycles. The summed E-state index contributed by atoms with van der Waals surface area (Å²) in [6.45, 7) is 0.158. The number of aliphatic hydroxyl groups is 1. The van der Waals surface area contributed by atoms with E-state index in [-0.39, 0.29) is 12.5 Å². The van der Waals surface area contributed by atoms with Crippen LogP contribution in [-0.4, -0.2) is 17.6 Å². The first kappa shape index (κ1) is 11.1. The second-order valence-corrected chi connectivity index (χ2v) is 5.08. The number of amides is 1. The van der Waals surface area contributed by atoms with Gasteiger partial charge in [-0.25, -0.2) is 0 Å². The Hall–Kier alpha value is -1.38. The smallest absolute Gasteiger partial charge is 0.260 e. The first-order valence-electron chi connectivity index (χ1n) is 5.12. The van der Waals surface area contributed by atoms with Crippen molar-refractivity contribution in [2.24, 2.45) is 11.7 Å². The van der Waals surface area contributed by atoms with Crippen molar-refractivity contribution >= 4 is 17.2 Å². The zero-order valence-electron chi connectivity index (χ0n) is 8.69. The maximum Gasteiger partial charge on any atom is 0.260 e. The van der Waals surface area contributed by atoms with Crippen LogP contribution in [-0.2, 0) is 12.8 Å². The zero-order valence-corrected chi connectivity index (χ0v) is 9.51. The molecule has 1 aliphatic carbocycles. The summed E-state index contributed by atoms with van der Waals surface area (Å²) in [5, 5.41) is 18.1. The molecule has 3 N–H and O–H groups in total. The number of hydrogen-bond donors (Lipinski definition) is 2. The highest BCUT2D eigenvalue weighted by atomic mass is 32.1. The van der Waals surface area contributed by atoms with E-state index in [1.807, 2.05) is 0 Å². The first-order chi connectivity index (χ1) is 7.67. The Balaban J connectivity index is 2.45. The predicted octanol–water partition coefficient (Wildman–Crippen LogP) is 0.816. The molecule has 1 aromatic rings. The molecule has 1 amide bonds. The molecule has 4 nitrogen and oxygen atoms in total. The number of carbonyl (C=O) groups is 1. The van der Waals surface area contributed by atoms with Crippen LogP contribution in [0.15, 0.2) is 0 Å². The lowest BCUT2D eigenvalue weighted by Crippen LogP contribution is -2.16. The summed E-state index contributed by atoms with van der Waals surface area (Å²) in [6.07, 6.45) is 2.37. The highest BCUT2D eigenvalue weighted by Crippen LogP contribution is 2.35. The van der Waals surface area contributed by atoms with Crippen molar-refractivity contribution < 1.29 is 9.90 Å². The fourth-order valence-electron chi connectivity index (χ4n) is 2.10. The van der Waals surface area contributed by atoms with Crippen LogP contribution in [0.3, 0.4) is 0 Å². The van der Waals surface area contributed by atoms with E-state index in [9.17, 15) is 4.79 Å². The minimum Gasteiger partial charge on any atom is -0.396 e. The van der Waals surface area contributed by atoms with E-state index in [1.165, 1.54) is 11.3 Å². The molecule has 0 fully saturated rings. The number of nitrogens with zero attached hydrogens (tertiary/aromatic N) is 1. The molecule has 0 radical (unpaired) electrons. The number of carbonyl (C=O) groups excluding carboxylic acids is 1. The van der Waals surface area contributed by atoms with Crippen LogP contribution in [0, 0.1) is 17.2 Å². The Morgan fingerprint density at radius 3 is 3.00 bits per heavy atom. The van der Waals surface area contributed by atoms with Gasteiger partial charge in [0.15, 0.2) is 0 Å². The highest BCUT2D eigenvalue weighted by Gasteiger charge is 2.26. The summed E-state index contributed by atoms with van der Waals surface area (Å²) in [7, 11) is 0. The van der Waals surface area contributed by atoms with Crippen molar-refractivity contribution in [2.45, 2.75) is 19.3 Å². The number of fused-ring (bicyclic) bond motifs is 1. The summed E-state index contributed by atoms with van der Waals surface area (Å²) in [5.41, 5.74) is 6.65. The molecule has 2 rings (SSSR count). The molecule has 16 heavy (non-hydrogen) atoms. The molecule has 0 bridgehead atoms. The topological polar surface area (TPSA) is 87.1 Å². The van der Waals surface area contributed by atoms with Crippen LogP contribution in [0.5, 0.6) is 0 Å². The maximum atomic E-state index is 11.2. The monoisotopic (exact) mass is 236 g/mol. The summed E-state index contributed by atoms with van der Waals surface area (Å²) < 4.78 is 0. The van der Waals surface area contributed by atoms with E-state index in [4.69, 9.17) is 16.1 Å². The van der Waals surface area contributed by atoms with Gasteiger partial charge >= 0.3 is 0 Å². The Labute approximate surface area is 97.3 Å². The van der Waals surface area contributed by atoms with Crippen molar-refractivity contribution in [1.82, 2.24) is 0 Å². The van der Waals surface area contributed by atoms with Gasteiger partial charge in [0.25, 0.3) is 5.91 Å². The van der Waals surface area contributed by atoms with E-state index < -0.39 is 5.91 Å². The minimum absolute atomic E-state index is 0.158. The predicted molar refractivity (Wildman–Crippen MR) is 60.2 cm³/mol. The van der Waals surface area contributed by atoms with Gasteiger partial charge in [-0.05, 0) is 30.7 Å². The van der Waals surface area contributed by atoms with E-state index in [1.54, 1.807) is 0 Å². The van der Waals surface area contributed by atoms with Crippen LogP contribution in [0.25, 0.3) is 0 Å². The van der Waals surface area contributed by atoms with Gasteiger partial charge in [-0.1, -0.05) is 0 Å². The van der Waals surface area contributed by atoms with Gasteiger partial charge in [-0.15, -0.1) is 11.3 Å². The van der Waals surface area contributed by atoms with Crippen LogP contribution in [0.1, 0.15) is 32.1 Å². The molecule has 1 aliphatic rings. The largest absolute Gasteiger partial charge is 0.396 e. The second kappa shape index (κ2) is 4.24. The molecule has 0 aromatic carbocycles. The third-order valence-electron chi connectivity index (χ3n) is 2.96. The Bertz CT molecular complexity index is 473. The Morgan fingerprint density at radius 1 is 1.69 bits per heavy atom. The minimum atomic E-state index is -0.531. The van der Waals surface area contributed by atoms with E-state index in [2.05, 4.69) is 6.07 Å². The lowest BCUT2D eigenvalue weighted by Gasteiger charge is -2.19. The number of nitrogens with two attached hydrogens (primary N) is 1. The number of rotatable bonds is 2. The van der Waals surface area contributed by atoms with Crippen molar-refractivity contribution in [1.29, 1.82) is 5.26 Å². The maximum absolute atomic E-state index is 11.2. The van der Waals surface area contributed by atoms with E-state index >= 15 is 0 Å². The molecule has 0 saturated heterocycles. The molecule has 0 saturated carbocycles. The van der Waals surface area contributed by atoms with Gasteiger partial charge < -0.3 is 10.8 Å². The van der Waals surface area contributed by atoms with E-state index in [0.29, 0.717) is 10.4 Å². The van der Waals surface area contributed by atoms with Crippen molar-refractivity contribution in [3.05, 3.63) is 20.9 Å². The molecular formula is C11H12N2O2S. The zero-order chi connectivity index (χ0) is 11.7. The van der Waals surface area contributed by atoms with Crippen molar-refractivity contribution in [3.63, 3.8) is 0 Å². The molecular weight excluding hydrogens is 224 g/mol. The molecule has 1 unspecified atom stereocenters. The average Bonchev–Trinajstić information content (AvgIpc) is 2.66. The summed E-state index contributed by atoms with van der Waals surface area (Å²) >= 11 is 1.31. The van der Waals surface area contributed by atoms with Gasteiger partial charge in [-0.3, -0.25) is 4.79 Å². The number of nitriles is 1. The van der Waals surface area contributed by atoms with Gasteiger partial charge in [-0.2, -0.15) is 5.26 Å². The molecule has 0 aliphatic heterocycles. The lowest BCUT2D eigenvalue weighted by molar-refractivity contribution is 0.100. The quantitative estimate of drug-likeness (QED) is 0.796. The third kappa shape index (κ3) is 1.70. The van der Waals surface area contributed by atoms with Gasteiger partial charge in [0.05, 0.1) is 5.56 Å². The summed E-state index contributed by atoms with van der Waals surface area (Å²) in [6, 6.07) is 2.06. The molecule has 84 valence electrons. The van der Waals surface area contributed by atoms with Crippen LogP contribution in [0.4, 0.5) is 0 Å². The SMILES string of the molecule is N#Cc1c(C(N)=O)sc2c1CCC(CO)C2. The van der Waals surface area contributed by atoms with Gasteiger partial charge in [0, 0.05) is 11.5 Å². The number of primary amides is 1. The number of aliphatic hydroxyl groups excluding tert-OH is 1. The Kier molecular flexibility index (Phi) is 2.95. The van der Waals surface area contributed by atoms with Crippen LogP contribution < -0.4 is 5.73 Å². The van der Waals surface area contributed by atoms with Gasteiger partial charge in [0.1, 0.15) is 10.9 Å². The molecule has 1 atom stereocenters. The van der Waals surface area contributed by atoms with Crippen molar-refractivity contribution in [3.8, 4) is 6.07 Å². The second-order valence-electron chi connectivity index (χ2n) is 3.98. The molecule has 1 aromatic heterocycles. The molecule has 5 heteroatoms. The number of thiophene rings is 1. The number of hydrogen-bond acceptors (Lipinski definition) is 4. The third-order valence-corrected chi connectivity index (χ3v) is 4.23. The van der Waals surface area contributed by atoms with Gasteiger partial charge in [0.2, 0.25) is 0 Å². The Morgan fingerprint density at radius 2 is 2.44 bits per heavy atom. The van der Waals surface area contributed by atoms with Crippen LogP contribution in [0.2, 0.25) is 0 Å².